The first kappa shape index (κ1) is 12.9. The summed E-state index contributed by atoms with van der Waals surface area (Å²) in [7, 11) is 0. The molecule has 0 radical (unpaired) electrons. The molecule has 1 atom stereocenters. The number of rotatable bonds is 3. The second-order valence-electron chi connectivity index (χ2n) is 4.59. The zero-order valence-electron chi connectivity index (χ0n) is 11.1. The summed E-state index contributed by atoms with van der Waals surface area (Å²) in [4.78, 5) is 17.9. The number of amides is 1. The van der Waals surface area contributed by atoms with Crippen LogP contribution in [0.2, 0.25) is 0 Å². The molecule has 0 aromatic carbocycles. The Kier molecular flexibility index (Phi) is 4.18. The van der Waals surface area contributed by atoms with Crippen molar-refractivity contribution in [1.82, 2.24) is 9.88 Å². The van der Waals surface area contributed by atoms with E-state index in [0.29, 0.717) is 12.5 Å². The number of hydrogen-bond acceptors (Lipinski definition) is 3. The first-order valence-corrected chi connectivity index (χ1v) is 6.58. The van der Waals surface area contributed by atoms with Crippen LogP contribution in [-0.4, -0.2) is 28.9 Å². The van der Waals surface area contributed by atoms with Crippen LogP contribution in [0, 0.1) is 0 Å². The minimum Gasteiger partial charge on any atom is -0.478 e. The van der Waals surface area contributed by atoms with Crippen molar-refractivity contribution in [3.8, 4) is 5.88 Å². The van der Waals surface area contributed by atoms with Gasteiger partial charge in [0.05, 0.1) is 12.6 Å². The van der Waals surface area contributed by atoms with Crippen molar-refractivity contribution in [2.24, 2.45) is 0 Å². The van der Waals surface area contributed by atoms with Gasteiger partial charge in [0.2, 0.25) is 11.8 Å². The van der Waals surface area contributed by atoms with Crippen molar-refractivity contribution in [2.75, 3.05) is 13.2 Å². The van der Waals surface area contributed by atoms with Crippen molar-refractivity contribution in [3.63, 3.8) is 0 Å². The zero-order valence-corrected chi connectivity index (χ0v) is 11.1. The minimum absolute atomic E-state index is 0.147. The molecule has 4 heteroatoms. The number of nitrogens with zero attached hydrogens (tertiary/aromatic N) is 2. The molecule has 1 amide bonds. The average Bonchev–Trinajstić information content (AvgIpc) is 2.40. The van der Waals surface area contributed by atoms with E-state index in [0.717, 1.165) is 24.9 Å². The van der Waals surface area contributed by atoms with Crippen LogP contribution in [0.5, 0.6) is 5.88 Å². The van der Waals surface area contributed by atoms with Gasteiger partial charge < -0.3 is 9.64 Å². The standard InChI is InChI=1S/C14H20N2O2/c1-3-18-14-8-7-12(10-15-14)13-6-4-5-9-16(13)11(2)17/h7-8,10,13H,3-6,9H2,1-2H3/t13-/m0/s1. The minimum atomic E-state index is 0.147. The molecule has 2 rings (SSSR count). The summed E-state index contributed by atoms with van der Waals surface area (Å²) >= 11 is 0. The number of carbonyl (C=O) groups is 1. The number of carbonyl (C=O) groups excluding carboxylic acids is 1. The lowest BCUT2D eigenvalue weighted by Crippen LogP contribution is -2.36. The summed E-state index contributed by atoms with van der Waals surface area (Å²) in [5.41, 5.74) is 1.10. The van der Waals surface area contributed by atoms with E-state index in [-0.39, 0.29) is 11.9 Å². The molecule has 4 nitrogen and oxygen atoms in total. The van der Waals surface area contributed by atoms with E-state index in [2.05, 4.69) is 4.98 Å². The maximum absolute atomic E-state index is 11.6. The Morgan fingerprint density at radius 1 is 1.50 bits per heavy atom. The topological polar surface area (TPSA) is 42.4 Å². The fourth-order valence-corrected chi connectivity index (χ4v) is 2.48. The molecule has 0 saturated carbocycles. The Morgan fingerprint density at radius 2 is 2.33 bits per heavy atom. The molecule has 1 aromatic heterocycles. The van der Waals surface area contributed by atoms with Crippen molar-refractivity contribution < 1.29 is 9.53 Å². The predicted molar refractivity (Wildman–Crippen MR) is 69.4 cm³/mol. The van der Waals surface area contributed by atoms with E-state index < -0.39 is 0 Å². The second-order valence-corrected chi connectivity index (χ2v) is 4.59. The van der Waals surface area contributed by atoms with E-state index in [1.807, 2.05) is 30.2 Å². The molecule has 1 aromatic rings. The Morgan fingerprint density at radius 3 is 2.94 bits per heavy atom. The first-order valence-electron chi connectivity index (χ1n) is 6.58. The van der Waals surface area contributed by atoms with E-state index in [1.165, 1.54) is 6.42 Å². The molecule has 18 heavy (non-hydrogen) atoms. The largest absolute Gasteiger partial charge is 0.478 e. The first-order chi connectivity index (χ1) is 8.72. The average molecular weight is 248 g/mol. The predicted octanol–water partition coefficient (Wildman–Crippen LogP) is 2.55. The van der Waals surface area contributed by atoms with Gasteiger partial charge in [0.25, 0.3) is 0 Å². The van der Waals surface area contributed by atoms with E-state index in [1.54, 1.807) is 6.92 Å². The maximum atomic E-state index is 11.6. The lowest BCUT2D eigenvalue weighted by atomic mass is 9.96. The van der Waals surface area contributed by atoms with E-state index in [9.17, 15) is 4.79 Å². The molecule has 1 saturated heterocycles. The second kappa shape index (κ2) is 5.85. The summed E-state index contributed by atoms with van der Waals surface area (Å²) in [6, 6.07) is 4.08. The summed E-state index contributed by atoms with van der Waals surface area (Å²) in [5.74, 6) is 0.792. The molecular formula is C14H20N2O2. The van der Waals surface area contributed by atoms with Crippen molar-refractivity contribution in [2.45, 2.75) is 39.2 Å². The molecule has 0 unspecified atom stereocenters. The lowest BCUT2D eigenvalue weighted by Gasteiger charge is -2.35. The van der Waals surface area contributed by atoms with Gasteiger partial charge >= 0.3 is 0 Å². The van der Waals surface area contributed by atoms with Gasteiger partial charge in [-0.25, -0.2) is 4.98 Å². The van der Waals surface area contributed by atoms with Gasteiger partial charge in [-0.3, -0.25) is 4.79 Å². The summed E-state index contributed by atoms with van der Waals surface area (Å²) in [6.45, 7) is 5.05. The number of hydrogen-bond donors (Lipinski definition) is 0. The molecular weight excluding hydrogens is 228 g/mol. The normalized spacial score (nSPS) is 19.7. The summed E-state index contributed by atoms with van der Waals surface area (Å²) < 4.78 is 5.33. The van der Waals surface area contributed by atoms with Gasteiger partial charge in [0, 0.05) is 25.7 Å². The number of likely N-dealkylation sites (tertiary alicyclic amines) is 1. The van der Waals surface area contributed by atoms with Crippen molar-refractivity contribution in [3.05, 3.63) is 23.9 Å². The monoisotopic (exact) mass is 248 g/mol. The molecule has 1 aliphatic rings. The van der Waals surface area contributed by atoms with Crippen LogP contribution in [0.1, 0.15) is 44.7 Å². The fourth-order valence-electron chi connectivity index (χ4n) is 2.48. The van der Waals surface area contributed by atoms with Crippen LogP contribution < -0.4 is 4.74 Å². The van der Waals surface area contributed by atoms with Crippen LogP contribution in [0.3, 0.4) is 0 Å². The van der Waals surface area contributed by atoms with E-state index >= 15 is 0 Å². The number of pyridine rings is 1. The molecule has 1 fully saturated rings. The summed E-state index contributed by atoms with van der Waals surface area (Å²) in [5, 5.41) is 0. The Bertz CT molecular complexity index is 403. The van der Waals surface area contributed by atoms with Crippen LogP contribution >= 0.6 is 0 Å². The highest BCUT2D eigenvalue weighted by Crippen LogP contribution is 2.30. The molecule has 2 heterocycles. The van der Waals surface area contributed by atoms with Crippen molar-refractivity contribution in [1.29, 1.82) is 0 Å². The summed E-state index contributed by atoms with van der Waals surface area (Å²) in [6.07, 6.45) is 5.12. The highest BCUT2D eigenvalue weighted by molar-refractivity contribution is 5.73. The van der Waals surface area contributed by atoms with Crippen LogP contribution in [-0.2, 0) is 4.79 Å². The number of ether oxygens (including phenoxy) is 1. The smallest absolute Gasteiger partial charge is 0.219 e. The Labute approximate surface area is 108 Å². The zero-order chi connectivity index (χ0) is 13.0. The molecule has 0 aliphatic carbocycles. The van der Waals surface area contributed by atoms with Gasteiger partial charge in [-0.2, -0.15) is 0 Å². The quantitative estimate of drug-likeness (QED) is 0.825. The third-order valence-electron chi connectivity index (χ3n) is 3.34. The lowest BCUT2D eigenvalue weighted by molar-refractivity contribution is -0.132. The van der Waals surface area contributed by atoms with Crippen LogP contribution in [0.4, 0.5) is 0 Å². The van der Waals surface area contributed by atoms with Crippen molar-refractivity contribution >= 4 is 5.91 Å². The highest BCUT2D eigenvalue weighted by atomic mass is 16.5. The number of piperidine rings is 1. The Balaban J connectivity index is 2.15. The third kappa shape index (κ3) is 2.81. The van der Waals surface area contributed by atoms with Crippen LogP contribution in [0.15, 0.2) is 18.3 Å². The van der Waals surface area contributed by atoms with E-state index in [4.69, 9.17) is 4.74 Å². The van der Waals surface area contributed by atoms with Gasteiger partial charge in [-0.15, -0.1) is 0 Å². The van der Waals surface area contributed by atoms with Gasteiger partial charge in [0.1, 0.15) is 0 Å². The van der Waals surface area contributed by atoms with Gasteiger partial charge in [0.15, 0.2) is 0 Å². The number of aromatic nitrogens is 1. The SMILES string of the molecule is CCOc1ccc([C@@H]2CCCCN2C(C)=O)cn1. The molecule has 98 valence electrons. The van der Waals surface area contributed by atoms with Gasteiger partial charge in [-0.1, -0.05) is 6.07 Å². The van der Waals surface area contributed by atoms with Crippen LogP contribution in [0.25, 0.3) is 0 Å². The highest BCUT2D eigenvalue weighted by Gasteiger charge is 2.25. The maximum Gasteiger partial charge on any atom is 0.219 e. The molecule has 1 aliphatic heterocycles. The molecule has 0 spiro atoms. The molecule has 0 N–H and O–H groups in total. The Hall–Kier alpha value is -1.58. The molecule has 0 bridgehead atoms. The third-order valence-corrected chi connectivity index (χ3v) is 3.34. The fraction of sp³-hybridized carbons (Fsp3) is 0.571. The van der Waals surface area contributed by atoms with Gasteiger partial charge in [-0.05, 0) is 31.7 Å².